The highest BCUT2D eigenvalue weighted by Gasteiger charge is 2.39. The lowest BCUT2D eigenvalue weighted by Crippen LogP contribution is -2.47. The van der Waals surface area contributed by atoms with E-state index in [-0.39, 0.29) is 42.5 Å². The summed E-state index contributed by atoms with van der Waals surface area (Å²) in [5.74, 6) is 1.52. The minimum atomic E-state index is -5.03. The molecule has 0 aliphatic rings. The number of carbonyl (C=O) groups is 1. The van der Waals surface area contributed by atoms with E-state index >= 15 is 8.42 Å². The maximum atomic E-state index is 16.1. The average Bonchev–Trinajstić information content (AvgIpc) is 3.95. The van der Waals surface area contributed by atoms with Crippen LogP contribution >= 0.6 is 0 Å². The summed E-state index contributed by atoms with van der Waals surface area (Å²) in [6.07, 6.45) is -0.866. The number of para-hydroxylation sites is 1. The van der Waals surface area contributed by atoms with Gasteiger partial charge < -0.3 is 40.1 Å². The van der Waals surface area contributed by atoms with E-state index in [1.54, 1.807) is 119 Å². The number of fused-ring (bicyclic) bond motifs is 1. The van der Waals surface area contributed by atoms with Crippen LogP contribution in [0.2, 0.25) is 0 Å². The number of aromatic nitrogens is 6. The Morgan fingerprint density at radius 2 is 1.38 bits per heavy atom. The van der Waals surface area contributed by atoms with Gasteiger partial charge in [0, 0.05) is 25.2 Å². The maximum Gasteiger partial charge on any atom is 0.407 e. The number of amides is 1. The highest BCUT2D eigenvalue weighted by atomic mass is 32.2. The summed E-state index contributed by atoms with van der Waals surface area (Å²) in [7, 11) is -5.43. The molecule has 1 amide bonds. The molecule has 7 aromatic rings. The zero-order chi connectivity index (χ0) is 48.8. The van der Waals surface area contributed by atoms with Gasteiger partial charge in [-0.1, -0.05) is 54.6 Å². The van der Waals surface area contributed by atoms with Crippen molar-refractivity contribution in [3.63, 3.8) is 0 Å². The molecule has 22 heteroatoms. The summed E-state index contributed by atoms with van der Waals surface area (Å²) in [5.41, 5.74) is 8.24. The van der Waals surface area contributed by atoms with Crippen LogP contribution in [0.1, 0.15) is 37.5 Å². The Labute approximate surface area is 393 Å². The zero-order valence-electron chi connectivity index (χ0n) is 38.1. The van der Waals surface area contributed by atoms with Gasteiger partial charge in [0.1, 0.15) is 32.6 Å². The molecule has 0 spiro atoms. The van der Waals surface area contributed by atoms with Crippen molar-refractivity contribution in [1.29, 1.82) is 0 Å². The lowest BCUT2D eigenvalue weighted by Gasteiger charge is -2.27. The molecule has 5 aromatic carbocycles. The second-order valence-electron chi connectivity index (χ2n) is 16.5. The normalized spacial score (nSPS) is 12.5. The van der Waals surface area contributed by atoms with Gasteiger partial charge in [-0.2, -0.15) is 9.10 Å². The van der Waals surface area contributed by atoms with Gasteiger partial charge in [0.05, 0.1) is 57.1 Å². The summed E-state index contributed by atoms with van der Waals surface area (Å²) >= 11 is 0. The van der Waals surface area contributed by atoms with Crippen LogP contribution in [0, 0.1) is 0 Å². The molecule has 2 heterocycles. The van der Waals surface area contributed by atoms with Gasteiger partial charge in [-0.3, -0.25) is 0 Å². The molecule has 0 saturated carbocycles. The van der Waals surface area contributed by atoms with E-state index in [9.17, 15) is 18.3 Å². The van der Waals surface area contributed by atoms with Crippen LogP contribution < -0.4 is 30.0 Å². The fourth-order valence-electron chi connectivity index (χ4n) is 7.22. The zero-order valence-corrected chi connectivity index (χ0v) is 39.8. The Kier molecular flexibility index (Phi) is 14.6. The van der Waals surface area contributed by atoms with Crippen molar-refractivity contribution in [3.8, 4) is 39.8 Å². The SMILES string of the molecule is COc1ccc(CN(Cc2ccc(OC)cc2)S(=O)(=O)c2c(S(=O)(=O)NC(CO)CNC(=O)OC(C)(C)C)ccc(-c3cccc4[nH]c(N)nc34)c2-c2nnn(Cc3ccc(OC)cc3)n2)cc1. The minimum absolute atomic E-state index is 0.0778. The van der Waals surface area contributed by atoms with Gasteiger partial charge in [-0.05, 0) is 96.8 Å². The molecule has 0 radical (unpaired) electrons. The van der Waals surface area contributed by atoms with E-state index in [1.807, 2.05) is 0 Å². The quantitative estimate of drug-likeness (QED) is 0.0706. The molecule has 0 aliphatic carbocycles. The number of methoxy groups -OCH3 is 3. The number of H-pyrrole nitrogens is 1. The number of anilines is 1. The van der Waals surface area contributed by atoms with Crippen LogP contribution in [-0.4, -0.2) is 109 Å². The first-order chi connectivity index (χ1) is 32.4. The number of hydrogen-bond acceptors (Lipinski definition) is 15. The van der Waals surface area contributed by atoms with Crippen molar-refractivity contribution in [1.82, 2.24) is 44.5 Å². The predicted molar refractivity (Wildman–Crippen MR) is 253 cm³/mol. The second kappa shape index (κ2) is 20.4. The number of tetrazole rings is 1. The molecule has 358 valence electrons. The number of ether oxygens (including phenoxy) is 4. The third-order valence-electron chi connectivity index (χ3n) is 10.5. The lowest BCUT2D eigenvalue weighted by molar-refractivity contribution is 0.0519. The van der Waals surface area contributed by atoms with E-state index in [2.05, 4.69) is 30.3 Å². The number of nitrogens with one attached hydrogen (secondary N) is 3. The number of aromatic amines is 1. The van der Waals surface area contributed by atoms with Crippen molar-refractivity contribution in [2.75, 3.05) is 40.2 Å². The number of nitrogens with two attached hydrogens (primary N) is 1. The Morgan fingerprint density at radius 1 is 0.809 bits per heavy atom. The maximum absolute atomic E-state index is 16.1. The summed E-state index contributed by atoms with van der Waals surface area (Å²) in [4.78, 5) is 19.9. The first kappa shape index (κ1) is 48.8. The first-order valence-corrected chi connectivity index (χ1v) is 24.0. The number of sulfonamides is 2. The van der Waals surface area contributed by atoms with Crippen LogP contribution in [0.15, 0.2) is 113 Å². The molecule has 2 aromatic heterocycles. The van der Waals surface area contributed by atoms with Gasteiger partial charge in [-0.25, -0.2) is 31.3 Å². The summed E-state index contributed by atoms with van der Waals surface area (Å²) in [6, 6.07) is 27.0. The highest BCUT2D eigenvalue weighted by Crippen LogP contribution is 2.43. The molecule has 20 nitrogen and oxygen atoms in total. The molecule has 7 rings (SSSR count). The molecule has 68 heavy (non-hydrogen) atoms. The number of nitrogen functional groups attached to an aromatic ring is 1. The van der Waals surface area contributed by atoms with Gasteiger partial charge in [0.25, 0.3) is 0 Å². The van der Waals surface area contributed by atoms with E-state index in [0.29, 0.717) is 45.0 Å². The van der Waals surface area contributed by atoms with Crippen molar-refractivity contribution in [2.24, 2.45) is 0 Å². The number of aliphatic hydroxyl groups is 1. The van der Waals surface area contributed by atoms with Crippen LogP contribution in [-0.2, 0) is 44.4 Å². The molecule has 0 fully saturated rings. The Bertz CT molecular complexity index is 3050. The number of carbonyl (C=O) groups excluding carboxylic acids is 1. The van der Waals surface area contributed by atoms with E-state index < -0.39 is 60.7 Å². The summed E-state index contributed by atoms with van der Waals surface area (Å²) < 4.78 is 87.0. The van der Waals surface area contributed by atoms with Gasteiger partial charge >= 0.3 is 6.09 Å². The number of rotatable bonds is 19. The predicted octanol–water partition coefficient (Wildman–Crippen LogP) is 5.09. The average molecular weight is 969 g/mol. The van der Waals surface area contributed by atoms with Gasteiger partial charge in [0.15, 0.2) is 5.95 Å². The van der Waals surface area contributed by atoms with Crippen molar-refractivity contribution < 1.29 is 45.7 Å². The molecule has 0 aliphatic heterocycles. The number of benzene rings is 5. The van der Waals surface area contributed by atoms with Crippen LogP contribution in [0.25, 0.3) is 33.5 Å². The third kappa shape index (κ3) is 11.3. The summed E-state index contributed by atoms with van der Waals surface area (Å²) in [6.45, 7) is 3.32. The third-order valence-corrected chi connectivity index (χ3v) is 14.0. The van der Waals surface area contributed by atoms with Crippen LogP contribution in [0.5, 0.6) is 17.2 Å². The molecular weight excluding hydrogens is 917 g/mol. The minimum Gasteiger partial charge on any atom is -0.497 e. The second-order valence-corrected chi connectivity index (χ2v) is 20.0. The molecule has 1 unspecified atom stereocenters. The van der Waals surface area contributed by atoms with Crippen LogP contribution in [0.4, 0.5) is 10.7 Å². The number of nitrogens with zero attached hydrogens (tertiary/aromatic N) is 6. The lowest BCUT2D eigenvalue weighted by atomic mass is 9.98. The van der Waals surface area contributed by atoms with E-state index in [0.717, 1.165) is 15.9 Å². The van der Waals surface area contributed by atoms with Crippen LogP contribution in [0.3, 0.4) is 0 Å². The smallest absolute Gasteiger partial charge is 0.407 e. The Hall–Kier alpha value is -7.11. The fourth-order valence-corrected chi connectivity index (χ4v) is 10.9. The standard InChI is InChI=1S/C46H52N10O10S2/c1-46(2,3)66-45(58)48-24-32(28-57)53-67(59,60)39-23-22-36(37-8-7-9-38-41(37)50-44(47)49-38)40(43-51-54-56(52-43)27-31-14-20-35(65-6)21-15-31)42(39)68(61,62)55(25-29-10-16-33(63-4)17-11-29)26-30-12-18-34(64-5)19-13-30/h7-23,32,53,57H,24-28H2,1-6H3,(H,48,58)(H3,47,49,50). The molecule has 0 saturated heterocycles. The Balaban J connectivity index is 1.48. The number of imidazole rings is 1. The number of alkyl carbamates (subject to hydrolysis) is 1. The van der Waals surface area contributed by atoms with Crippen molar-refractivity contribution in [3.05, 3.63) is 120 Å². The van der Waals surface area contributed by atoms with Gasteiger partial charge in [-0.15, -0.1) is 10.2 Å². The molecular formula is C46H52N10O10S2. The number of aliphatic hydroxyl groups excluding tert-OH is 1. The topological polar surface area (TPSA) is 268 Å². The molecule has 6 N–H and O–H groups in total. The van der Waals surface area contributed by atoms with Crippen molar-refractivity contribution in [2.45, 2.75) is 61.8 Å². The monoisotopic (exact) mass is 968 g/mol. The Morgan fingerprint density at radius 3 is 1.93 bits per heavy atom. The molecule has 1 atom stereocenters. The molecule has 0 bridgehead atoms. The van der Waals surface area contributed by atoms with Gasteiger partial charge in [0.2, 0.25) is 25.9 Å². The fraction of sp³-hybridized carbons (Fsp3) is 0.283. The largest absolute Gasteiger partial charge is 0.497 e. The summed E-state index contributed by atoms with van der Waals surface area (Å²) in [5, 5.41) is 26.3. The number of hydrogen-bond donors (Lipinski definition) is 5. The first-order valence-electron chi connectivity index (χ1n) is 21.1. The highest BCUT2D eigenvalue weighted by molar-refractivity contribution is 7.92. The van der Waals surface area contributed by atoms with E-state index in [4.69, 9.17) is 29.8 Å². The van der Waals surface area contributed by atoms with E-state index in [1.165, 1.54) is 25.1 Å². The van der Waals surface area contributed by atoms with Crippen molar-refractivity contribution >= 4 is 43.1 Å².